The summed E-state index contributed by atoms with van der Waals surface area (Å²) in [5.41, 5.74) is 2.54. The number of nitrogens with zero attached hydrogens (tertiary/aromatic N) is 1. The lowest BCUT2D eigenvalue weighted by Crippen LogP contribution is -2.20. The van der Waals surface area contributed by atoms with E-state index in [2.05, 4.69) is 99.1 Å². The molecule has 0 aliphatic carbocycles. The maximum absolute atomic E-state index is 2.86. The fourth-order valence-corrected chi connectivity index (χ4v) is 3.65. The molecule has 1 unspecified atom stereocenters. The van der Waals surface area contributed by atoms with E-state index < -0.39 is 0 Å². The van der Waals surface area contributed by atoms with Crippen LogP contribution in [0.4, 0.5) is 11.4 Å². The Morgan fingerprint density at radius 3 is 1.54 bits per heavy atom. The van der Waals surface area contributed by atoms with Crippen LogP contribution in [0.15, 0.2) is 84.9 Å². The zero-order chi connectivity index (χ0) is 16.4. The quantitative estimate of drug-likeness (QED) is 0.415. The second kappa shape index (κ2) is 6.63. The van der Waals surface area contributed by atoms with E-state index in [1.807, 2.05) is 0 Å². The van der Waals surface area contributed by atoms with Gasteiger partial charge in [-0.2, -0.15) is 0 Å². The lowest BCUT2D eigenvalue weighted by Gasteiger charge is -2.27. The van der Waals surface area contributed by atoms with E-state index in [0.717, 1.165) is 12.7 Å². The Balaban J connectivity index is 1.96. The van der Waals surface area contributed by atoms with Gasteiger partial charge < -0.3 is 4.90 Å². The van der Waals surface area contributed by atoms with Crippen molar-refractivity contribution in [3.63, 3.8) is 0 Å². The first-order valence-electron chi connectivity index (χ1n) is 8.31. The van der Waals surface area contributed by atoms with Gasteiger partial charge in [-0.15, -0.1) is 9.24 Å². The van der Waals surface area contributed by atoms with Crippen molar-refractivity contribution in [3.8, 4) is 0 Å². The fourth-order valence-electron chi connectivity index (χ4n) is 3.39. The summed E-state index contributed by atoms with van der Waals surface area (Å²) in [5, 5.41) is 5.16. The number of benzene rings is 4. The minimum atomic E-state index is 0.965. The van der Waals surface area contributed by atoms with Crippen LogP contribution >= 0.6 is 9.24 Å². The number of hydrogen-bond donors (Lipinski definition) is 0. The summed E-state index contributed by atoms with van der Waals surface area (Å²) in [6.45, 7) is 0.965. The molecule has 4 aromatic carbocycles. The molecule has 2 heteroatoms. The highest BCUT2D eigenvalue weighted by atomic mass is 31.0. The lowest BCUT2D eigenvalue weighted by atomic mass is 10.0. The predicted molar refractivity (Wildman–Crippen MR) is 109 cm³/mol. The SMILES string of the molecule is PCCN(c1cccc2ccccc12)c1cccc2ccccc12. The molecule has 0 aliphatic heterocycles. The average molecular weight is 329 g/mol. The van der Waals surface area contributed by atoms with Gasteiger partial charge in [0, 0.05) is 28.7 Å². The van der Waals surface area contributed by atoms with Crippen LogP contribution in [0.5, 0.6) is 0 Å². The molecule has 24 heavy (non-hydrogen) atoms. The molecule has 0 N–H and O–H groups in total. The zero-order valence-electron chi connectivity index (χ0n) is 13.5. The minimum absolute atomic E-state index is 0.965. The molecule has 0 bridgehead atoms. The molecule has 1 nitrogen and oxygen atoms in total. The smallest absolute Gasteiger partial charge is 0.0490 e. The normalized spacial score (nSPS) is 11.0. The topological polar surface area (TPSA) is 3.24 Å². The Kier molecular flexibility index (Phi) is 4.19. The maximum Gasteiger partial charge on any atom is 0.0490 e. The van der Waals surface area contributed by atoms with Crippen molar-refractivity contribution < 1.29 is 0 Å². The molecule has 0 spiro atoms. The molecule has 4 aromatic rings. The molecule has 118 valence electrons. The monoisotopic (exact) mass is 329 g/mol. The van der Waals surface area contributed by atoms with Crippen LogP contribution in [0, 0.1) is 0 Å². The van der Waals surface area contributed by atoms with Gasteiger partial charge in [0.1, 0.15) is 0 Å². The Bertz CT molecular complexity index is 903. The Morgan fingerprint density at radius 1 is 0.583 bits per heavy atom. The molecule has 0 saturated carbocycles. The Hall–Kier alpha value is -2.37. The van der Waals surface area contributed by atoms with Crippen molar-refractivity contribution in [3.05, 3.63) is 84.9 Å². The Morgan fingerprint density at radius 2 is 1.04 bits per heavy atom. The van der Waals surface area contributed by atoms with Gasteiger partial charge in [-0.25, -0.2) is 0 Å². The first-order valence-corrected chi connectivity index (χ1v) is 9.13. The summed E-state index contributed by atoms with van der Waals surface area (Å²) < 4.78 is 0. The van der Waals surface area contributed by atoms with Crippen LogP contribution in [0.1, 0.15) is 0 Å². The van der Waals surface area contributed by atoms with Crippen molar-refractivity contribution in [2.45, 2.75) is 0 Å². The van der Waals surface area contributed by atoms with E-state index in [9.17, 15) is 0 Å². The van der Waals surface area contributed by atoms with Gasteiger partial charge in [-0.1, -0.05) is 72.8 Å². The van der Waals surface area contributed by atoms with Crippen molar-refractivity contribution in [1.29, 1.82) is 0 Å². The van der Waals surface area contributed by atoms with Crippen LogP contribution in [-0.4, -0.2) is 12.7 Å². The van der Waals surface area contributed by atoms with Gasteiger partial charge in [0.15, 0.2) is 0 Å². The summed E-state index contributed by atoms with van der Waals surface area (Å²) >= 11 is 0. The van der Waals surface area contributed by atoms with Gasteiger partial charge in [0.25, 0.3) is 0 Å². The first kappa shape index (κ1) is 15.2. The van der Waals surface area contributed by atoms with Crippen molar-refractivity contribution in [1.82, 2.24) is 0 Å². The van der Waals surface area contributed by atoms with Crippen LogP contribution < -0.4 is 4.90 Å². The second-order valence-electron chi connectivity index (χ2n) is 5.94. The molecule has 0 fully saturated rings. The largest absolute Gasteiger partial charge is 0.340 e. The first-order chi connectivity index (χ1) is 11.9. The van der Waals surface area contributed by atoms with Gasteiger partial charge in [-0.05, 0) is 29.1 Å². The van der Waals surface area contributed by atoms with Crippen LogP contribution in [-0.2, 0) is 0 Å². The number of rotatable bonds is 4. The summed E-state index contributed by atoms with van der Waals surface area (Å²) in [6, 6.07) is 30.3. The molecule has 0 aliphatic rings. The number of hydrogen-bond acceptors (Lipinski definition) is 1. The molecule has 0 amide bonds. The van der Waals surface area contributed by atoms with Gasteiger partial charge in [0.2, 0.25) is 0 Å². The van der Waals surface area contributed by atoms with E-state index in [-0.39, 0.29) is 0 Å². The van der Waals surface area contributed by atoms with Crippen molar-refractivity contribution >= 4 is 42.2 Å². The predicted octanol–water partition coefficient (Wildman–Crippen LogP) is 6.01. The lowest BCUT2D eigenvalue weighted by molar-refractivity contribution is 1.05. The average Bonchev–Trinajstić information content (AvgIpc) is 2.65. The summed E-state index contributed by atoms with van der Waals surface area (Å²) in [7, 11) is 2.86. The third-order valence-electron chi connectivity index (χ3n) is 4.47. The molecule has 0 aromatic heterocycles. The highest BCUT2D eigenvalue weighted by Gasteiger charge is 2.13. The fraction of sp³-hybridized carbons (Fsp3) is 0.0909. The summed E-state index contributed by atoms with van der Waals surface area (Å²) in [5.74, 6) is 0. The van der Waals surface area contributed by atoms with E-state index in [1.54, 1.807) is 0 Å². The number of anilines is 2. The highest BCUT2D eigenvalue weighted by molar-refractivity contribution is 7.16. The van der Waals surface area contributed by atoms with Gasteiger partial charge in [0.05, 0.1) is 0 Å². The number of fused-ring (bicyclic) bond motifs is 2. The van der Waals surface area contributed by atoms with E-state index in [4.69, 9.17) is 0 Å². The highest BCUT2D eigenvalue weighted by Crippen LogP contribution is 2.36. The zero-order valence-corrected chi connectivity index (χ0v) is 14.7. The molecule has 4 rings (SSSR count). The maximum atomic E-state index is 2.86. The van der Waals surface area contributed by atoms with Gasteiger partial charge in [-0.3, -0.25) is 0 Å². The molecule has 0 heterocycles. The van der Waals surface area contributed by atoms with E-state index in [1.165, 1.54) is 32.9 Å². The molecule has 1 atom stereocenters. The van der Waals surface area contributed by atoms with Crippen molar-refractivity contribution in [2.24, 2.45) is 0 Å². The third kappa shape index (κ3) is 2.66. The minimum Gasteiger partial charge on any atom is -0.340 e. The second-order valence-corrected chi connectivity index (χ2v) is 6.51. The van der Waals surface area contributed by atoms with E-state index >= 15 is 0 Å². The summed E-state index contributed by atoms with van der Waals surface area (Å²) in [6.07, 6.45) is 1.02. The molecule has 0 radical (unpaired) electrons. The molecular weight excluding hydrogens is 309 g/mol. The van der Waals surface area contributed by atoms with Crippen LogP contribution in [0.3, 0.4) is 0 Å². The van der Waals surface area contributed by atoms with Gasteiger partial charge >= 0.3 is 0 Å². The summed E-state index contributed by atoms with van der Waals surface area (Å²) in [4.78, 5) is 2.44. The van der Waals surface area contributed by atoms with Crippen molar-refractivity contribution in [2.75, 3.05) is 17.6 Å². The van der Waals surface area contributed by atoms with Crippen LogP contribution in [0.25, 0.3) is 21.5 Å². The van der Waals surface area contributed by atoms with Crippen LogP contribution in [0.2, 0.25) is 0 Å². The molecular formula is C22H20NP. The molecule has 0 saturated heterocycles. The standard InChI is InChI=1S/C22H20NP/c24-16-15-23(21-13-5-9-17-7-1-3-11-19(17)21)22-14-6-10-18-8-2-4-12-20(18)22/h1-14H,15-16,24H2. The Labute approximate surface area is 145 Å². The third-order valence-corrected chi connectivity index (χ3v) is 4.73. The van der Waals surface area contributed by atoms with E-state index in [0.29, 0.717) is 0 Å².